The van der Waals surface area contributed by atoms with Gasteiger partial charge in [-0.1, -0.05) is 19.8 Å². The van der Waals surface area contributed by atoms with Gasteiger partial charge in [0, 0.05) is 5.56 Å². The number of benzene rings is 3. The lowest BCUT2D eigenvalue weighted by Gasteiger charge is -2.29. The van der Waals surface area contributed by atoms with Crippen molar-refractivity contribution in [1.29, 1.82) is 0 Å². The van der Waals surface area contributed by atoms with Gasteiger partial charge in [0.05, 0.1) is 5.56 Å². The van der Waals surface area contributed by atoms with Crippen molar-refractivity contribution in [1.82, 2.24) is 0 Å². The maximum absolute atomic E-state index is 14.9. The molecule has 0 amide bonds. The van der Waals surface area contributed by atoms with Crippen molar-refractivity contribution in [2.45, 2.75) is 76.7 Å². The van der Waals surface area contributed by atoms with E-state index >= 15 is 0 Å². The molecule has 1 aliphatic carbocycles. The monoisotopic (exact) mass is 624 g/mol. The average molecular weight is 625 g/mol. The van der Waals surface area contributed by atoms with Gasteiger partial charge < -0.3 is 0 Å². The molecule has 4 rings (SSSR count). The van der Waals surface area contributed by atoms with Gasteiger partial charge in [-0.15, -0.1) is 13.2 Å². The van der Waals surface area contributed by atoms with Crippen LogP contribution < -0.4 is 0 Å². The molecule has 0 heterocycles. The Balaban J connectivity index is 1.51. The first-order valence-electron chi connectivity index (χ1n) is 13.7. The van der Waals surface area contributed by atoms with Crippen LogP contribution in [0.5, 0.6) is 0 Å². The van der Waals surface area contributed by atoms with Crippen LogP contribution in [0, 0.1) is 40.8 Å². The first-order valence-corrected chi connectivity index (χ1v) is 13.7. The summed E-state index contributed by atoms with van der Waals surface area (Å²) < 4.78 is 155. The summed E-state index contributed by atoms with van der Waals surface area (Å²) in [5.74, 6) is -8.20. The second kappa shape index (κ2) is 12.8. The molecule has 0 N–H and O–H groups in total. The molecule has 234 valence electrons. The molecule has 0 spiro atoms. The maximum atomic E-state index is 14.9. The van der Waals surface area contributed by atoms with Crippen LogP contribution in [0.25, 0.3) is 11.1 Å². The van der Waals surface area contributed by atoms with Crippen LogP contribution >= 0.6 is 0 Å². The van der Waals surface area contributed by atoms with E-state index in [4.69, 9.17) is 0 Å². The first kappa shape index (κ1) is 32.8. The van der Waals surface area contributed by atoms with Crippen LogP contribution in [0.1, 0.15) is 73.6 Å². The van der Waals surface area contributed by atoms with Crippen molar-refractivity contribution < 1.29 is 53.0 Å². The molecule has 0 aliphatic heterocycles. The number of aryl methyl sites for hydroxylation is 1. The topological polar surface area (TPSA) is 9.23 Å². The summed E-state index contributed by atoms with van der Waals surface area (Å²) in [5, 5.41) is 0. The van der Waals surface area contributed by atoms with Crippen molar-refractivity contribution in [3.05, 3.63) is 93.6 Å². The number of alkyl halides is 5. The van der Waals surface area contributed by atoms with Gasteiger partial charge in [0.15, 0.2) is 0 Å². The van der Waals surface area contributed by atoms with Gasteiger partial charge in [0.2, 0.25) is 0 Å². The Kier molecular flexibility index (Phi) is 9.78. The van der Waals surface area contributed by atoms with Crippen LogP contribution in [-0.4, -0.2) is 6.36 Å². The molecule has 12 heteroatoms. The van der Waals surface area contributed by atoms with E-state index in [1.165, 1.54) is 12.1 Å². The Bertz CT molecular complexity index is 1390. The minimum Gasteiger partial charge on any atom is -0.222 e. The van der Waals surface area contributed by atoms with E-state index in [1.54, 1.807) is 0 Å². The minimum absolute atomic E-state index is 0.0361. The quantitative estimate of drug-likeness (QED) is 0.215. The molecule has 0 radical (unpaired) electrons. The fraction of sp³-hybridized carbons (Fsp3) is 0.419. The summed E-state index contributed by atoms with van der Waals surface area (Å²) in [6.45, 7) is 2.11. The van der Waals surface area contributed by atoms with Crippen molar-refractivity contribution >= 4 is 0 Å². The smallest absolute Gasteiger partial charge is 0.222 e. The standard InChI is InChI=1S/C31H27F11O/c1-2-3-16-4-7-18(8-5-16)19-12-22(32)21(23(33)13-19)9-6-17-10-24(34)28(25(35)11-17)20-14-26(36)29(27(37)15-20)30(38,39)43-31(40,41)42/h10-16,18H,2-9H2,1H3. The molecule has 0 bridgehead atoms. The van der Waals surface area contributed by atoms with Gasteiger partial charge in [0.1, 0.15) is 40.5 Å². The maximum Gasteiger partial charge on any atom is 0.527 e. The van der Waals surface area contributed by atoms with E-state index in [-0.39, 0.29) is 42.0 Å². The summed E-state index contributed by atoms with van der Waals surface area (Å²) in [7, 11) is 0. The fourth-order valence-corrected chi connectivity index (χ4v) is 5.80. The highest BCUT2D eigenvalue weighted by Gasteiger charge is 2.49. The highest BCUT2D eigenvalue weighted by molar-refractivity contribution is 5.66. The lowest BCUT2D eigenvalue weighted by molar-refractivity contribution is -0.432. The lowest BCUT2D eigenvalue weighted by Crippen LogP contribution is -2.29. The number of ether oxygens (including phenoxy) is 1. The second-order valence-electron chi connectivity index (χ2n) is 10.8. The fourth-order valence-electron chi connectivity index (χ4n) is 5.80. The summed E-state index contributed by atoms with van der Waals surface area (Å²) in [6, 6.07) is 4.11. The predicted octanol–water partition coefficient (Wildman–Crippen LogP) is 10.6. The second-order valence-corrected chi connectivity index (χ2v) is 10.8. The van der Waals surface area contributed by atoms with Gasteiger partial charge in [-0.3, -0.25) is 0 Å². The molecular weight excluding hydrogens is 597 g/mol. The van der Waals surface area contributed by atoms with Crippen LogP contribution in [0.4, 0.5) is 48.3 Å². The molecule has 0 unspecified atom stereocenters. The molecule has 1 aliphatic rings. The number of halogens is 11. The van der Waals surface area contributed by atoms with Crippen LogP contribution in [0.3, 0.4) is 0 Å². The molecule has 3 aromatic carbocycles. The van der Waals surface area contributed by atoms with Crippen molar-refractivity contribution in [2.75, 3.05) is 0 Å². The molecule has 3 aromatic rings. The molecule has 43 heavy (non-hydrogen) atoms. The van der Waals surface area contributed by atoms with Gasteiger partial charge in [-0.05, 0) is 103 Å². The molecular formula is C31H27F11O. The molecule has 0 saturated heterocycles. The van der Waals surface area contributed by atoms with E-state index < -0.39 is 64.1 Å². The summed E-state index contributed by atoms with van der Waals surface area (Å²) in [6.07, 6.45) is -6.09. The van der Waals surface area contributed by atoms with E-state index in [9.17, 15) is 48.3 Å². The average Bonchev–Trinajstić information content (AvgIpc) is 2.86. The Morgan fingerprint density at radius 1 is 0.674 bits per heavy atom. The zero-order valence-electron chi connectivity index (χ0n) is 22.8. The molecule has 1 nitrogen and oxygen atoms in total. The van der Waals surface area contributed by atoms with Gasteiger partial charge >= 0.3 is 12.5 Å². The number of hydrogen-bond acceptors (Lipinski definition) is 1. The lowest BCUT2D eigenvalue weighted by atomic mass is 9.77. The number of hydrogen-bond donors (Lipinski definition) is 0. The highest BCUT2D eigenvalue weighted by atomic mass is 19.4. The Labute approximate surface area is 240 Å². The minimum atomic E-state index is -5.95. The zero-order valence-corrected chi connectivity index (χ0v) is 22.8. The Hall–Kier alpha value is -3.15. The first-order chi connectivity index (χ1) is 20.1. The van der Waals surface area contributed by atoms with Crippen molar-refractivity contribution in [3.8, 4) is 11.1 Å². The SMILES string of the molecule is CCCC1CCC(c2cc(F)c(CCc3cc(F)c(-c4cc(F)c(C(F)(F)OC(F)(F)F)c(F)c4)c(F)c3)c(F)c2)CC1. The van der Waals surface area contributed by atoms with Crippen LogP contribution in [0.2, 0.25) is 0 Å². The third kappa shape index (κ3) is 7.69. The Morgan fingerprint density at radius 2 is 1.21 bits per heavy atom. The summed E-state index contributed by atoms with van der Waals surface area (Å²) >= 11 is 0. The van der Waals surface area contributed by atoms with E-state index in [0.717, 1.165) is 50.7 Å². The van der Waals surface area contributed by atoms with Gasteiger partial charge in [-0.25, -0.2) is 31.1 Å². The zero-order chi connectivity index (χ0) is 31.7. The predicted molar refractivity (Wildman–Crippen MR) is 136 cm³/mol. The van der Waals surface area contributed by atoms with Crippen molar-refractivity contribution in [2.24, 2.45) is 5.92 Å². The normalized spacial score (nSPS) is 17.9. The van der Waals surface area contributed by atoms with E-state index in [1.807, 2.05) is 0 Å². The molecule has 0 atom stereocenters. The van der Waals surface area contributed by atoms with Gasteiger partial charge in [0.25, 0.3) is 0 Å². The third-order valence-corrected chi connectivity index (χ3v) is 7.81. The Morgan fingerprint density at radius 3 is 1.70 bits per heavy atom. The number of rotatable bonds is 9. The summed E-state index contributed by atoms with van der Waals surface area (Å²) in [5.41, 5.74) is -4.16. The molecule has 1 fully saturated rings. The summed E-state index contributed by atoms with van der Waals surface area (Å²) in [4.78, 5) is 0. The van der Waals surface area contributed by atoms with Crippen LogP contribution in [-0.2, 0) is 23.7 Å². The molecule has 0 aromatic heterocycles. The van der Waals surface area contributed by atoms with Crippen LogP contribution in [0.15, 0.2) is 36.4 Å². The van der Waals surface area contributed by atoms with E-state index in [2.05, 4.69) is 11.7 Å². The third-order valence-electron chi connectivity index (χ3n) is 7.81. The van der Waals surface area contributed by atoms with E-state index in [0.29, 0.717) is 11.5 Å². The van der Waals surface area contributed by atoms with Gasteiger partial charge in [-0.2, -0.15) is 8.78 Å². The highest BCUT2D eigenvalue weighted by Crippen LogP contribution is 2.41. The van der Waals surface area contributed by atoms with Crippen molar-refractivity contribution in [3.63, 3.8) is 0 Å². The molecule has 1 saturated carbocycles. The largest absolute Gasteiger partial charge is 0.527 e.